The molecule has 0 heterocycles. The van der Waals surface area contributed by atoms with Crippen molar-refractivity contribution >= 4 is 11.6 Å². The topological polar surface area (TPSA) is 60.0 Å². The molecule has 0 unspecified atom stereocenters. The molecule has 0 bridgehead atoms. The van der Waals surface area contributed by atoms with Gasteiger partial charge in [-0.25, -0.2) is 0 Å². The molecule has 0 radical (unpaired) electrons. The number of likely N-dealkylation sites (N-methyl/N-ethyl adjacent to an activating group) is 1. The molecule has 28 heavy (non-hydrogen) atoms. The van der Waals surface area contributed by atoms with E-state index >= 15 is 0 Å². The van der Waals surface area contributed by atoms with E-state index in [1.165, 1.54) is 0 Å². The molecule has 0 fully saturated rings. The number of benzene rings is 2. The minimum Gasteiger partial charge on any atom is -0.497 e. The Labute approximate surface area is 167 Å². The van der Waals surface area contributed by atoms with Crippen LogP contribution < -0.4 is 24.4 Å². The van der Waals surface area contributed by atoms with Crippen LogP contribution in [-0.2, 0) is 0 Å². The SMILES string of the molecule is CCOc1ccc(C(=O)NCCN(CC)c2ccc(OC)cc2)cc1OCC. The Hall–Kier alpha value is -2.89. The molecule has 1 N–H and O–H groups in total. The lowest BCUT2D eigenvalue weighted by Crippen LogP contribution is -2.35. The number of hydrogen-bond donors (Lipinski definition) is 1. The van der Waals surface area contributed by atoms with E-state index in [4.69, 9.17) is 14.2 Å². The molecule has 2 aromatic carbocycles. The van der Waals surface area contributed by atoms with Crippen LogP contribution in [0.2, 0.25) is 0 Å². The number of nitrogens with zero attached hydrogens (tertiary/aromatic N) is 1. The third kappa shape index (κ3) is 5.81. The third-order valence-electron chi connectivity index (χ3n) is 4.29. The van der Waals surface area contributed by atoms with Gasteiger partial charge in [-0.05, 0) is 63.2 Å². The number of hydrogen-bond acceptors (Lipinski definition) is 5. The lowest BCUT2D eigenvalue weighted by Gasteiger charge is -2.23. The Morgan fingerprint density at radius 1 is 0.964 bits per heavy atom. The second-order valence-electron chi connectivity index (χ2n) is 6.06. The fourth-order valence-electron chi connectivity index (χ4n) is 2.86. The number of methoxy groups -OCH3 is 1. The van der Waals surface area contributed by atoms with Gasteiger partial charge in [0.2, 0.25) is 0 Å². The number of ether oxygens (including phenoxy) is 3. The zero-order valence-corrected chi connectivity index (χ0v) is 17.2. The molecule has 6 heteroatoms. The van der Waals surface area contributed by atoms with Crippen LogP contribution in [0.4, 0.5) is 5.69 Å². The van der Waals surface area contributed by atoms with Gasteiger partial charge in [-0.2, -0.15) is 0 Å². The van der Waals surface area contributed by atoms with Gasteiger partial charge in [-0.1, -0.05) is 0 Å². The second-order valence-corrected chi connectivity index (χ2v) is 6.06. The highest BCUT2D eigenvalue weighted by Crippen LogP contribution is 2.28. The molecule has 152 valence electrons. The summed E-state index contributed by atoms with van der Waals surface area (Å²) in [5.41, 5.74) is 1.65. The number of anilines is 1. The number of rotatable bonds is 11. The Morgan fingerprint density at radius 2 is 1.64 bits per heavy atom. The van der Waals surface area contributed by atoms with Crippen LogP contribution in [0.15, 0.2) is 42.5 Å². The van der Waals surface area contributed by atoms with E-state index in [1.807, 2.05) is 38.1 Å². The maximum absolute atomic E-state index is 12.5. The lowest BCUT2D eigenvalue weighted by molar-refractivity contribution is 0.0954. The fourth-order valence-corrected chi connectivity index (χ4v) is 2.86. The van der Waals surface area contributed by atoms with E-state index in [2.05, 4.69) is 17.1 Å². The van der Waals surface area contributed by atoms with Crippen molar-refractivity contribution in [2.45, 2.75) is 20.8 Å². The van der Waals surface area contributed by atoms with Gasteiger partial charge in [-0.3, -0.25) is 4.79 Å². The summed E-state index contributed by atoms with van der Waals surface area (Å²) < 4.78 is 16.3. The number of carbonyl (C=O) groups excluding carboxylic acids is 1. The van der Waals surface area contributed by atoms with Gasteiger partial charge in [0, 0.05) is 30.9 Å². The summed E-state index contributed by atoms with van der Waals surface area (Å²) >= 11 is 0. The largest absolute Gasteiger partial charge is 0.497 e. The standard InChI is InChI=1S/C22H30N2O4/c1-5-24(18-9-11-19(26-4)12-10-18)15-14-23-22(25)17-8-13-20(27-6-2)21(16-17)28-7-3/h8-13,16H,5-7,14-15H2,1-4H3,(H,23,25). The average Bonchev–Trinajstić information content (AvgIpc) is 2.73. The smallest absolute Gasteiger partial charge is 0.251 e. The summed E-state index contributed by atoms with van der Waals surface area (Å²) in [5.74, 6) is 1.94. The molecule has 0 aliphatic rings. The molecule has 0 saturated heterocycles. The number of amides is 1. The molecule has 0 aliphatic carbocycles. The zero-order chi connectivity index (χ0) is 20.4. The maximum atomic E-state index is 12.5. The molecule has 0 aliphatic heterocycles. The van der Waals surface area contributed by atoms with Gasteiger partial charge < -0.3 is 24.4 Å². The highest BCUT2D eigenvalue weighted by atomic mass is 16.5. The van der Waals surface area contributed by atoms with Crippen LogP contribution in [0.5, 0.6) is 17.2 Å². The van der Waals surface area contributed by atoms with E-state index in [0.29, 0.717) is 43.4 Å². The van der Waals surface area contributed by atoms with E-state index in [0.717, 1.165) is 18.0 Å². The van der Waals surface area contributed by atoms with Gasteiger partial charge in [-0.15, -0.1) is 0 Å². The van der Waals surface area contributed by atoms with Gasteiger partial charge >= 0.3 is 0 Å². The molecule has 6 nitrogen and oxygen atoms in total. The summed E-state index contributed by atoms with van der Waals surface area (Å²) in [6.45, 7) is 9.06. The van der Waals surface area contributed by atoms with Crippen LogP contribution in [0.1, 0.15) is 31.1 Å². The molecule has 0 atom stereocenters. The lowest BCUT2D eigenvalue weighted by atomic mass is 10.2. The summed E-state index contributed by atoms with van der Waals surface area (Å²) in [6, 6.07) is 13.2. The van der Waals surface area contributed by atoms with Crippen molar-refractivity contribution in [3.05, 3.63) is 48.0 Å². The van der Waals surface area contributed by atoms with E-state index in [-0.39, 0.29) is 5.91 Å². The number of nitrogens with one attached hydrogen (secondary N) is 1. The third-order valence-corrected chi connectivity index (χ3v) is 4.29. The summed E-state index contributed by atoms with van der Waals surface area (Å²) in [4.78, 5) is 14.7. The van der Waals surface area contributed by atoms with Gasteiger partial charge in [0.25, 0.3) is 5.91 Å². The number of carbonyl (C=O) groups is 1. The normalized spacial score (nSPS) is 10.3. The molecule has 1 amide bonds. The molecule has 0 spiro atoms. The van der Waals surface area contributed by atoms with Crippen molar-refractivity contribution in [1.29, 1.82) is 0 Å². The highest BCUT2D eigenvalue weighted by molar-refractivity contribution is 5.94. The van der Waals surface area contributed by atoms with E-state index < -0.39 is 0 Å². The van der Waals surface area contributed by atoms with E-state index in [1.54, 1.807) is 25.3 Å². The van der Waals surface area contributed by atoms with E-state index in [9.17, 15) is 4.79 Å². The maximum Gasteiger partial charge on any atom is 0.251 e. The van der Waals surface area contributed by atoms with Crippen molar-refractivity contribution in [1.82, 2.24) is 5.32 Å². The predicted molar refractivity (Wildman–Crippen MR) is 112 cm³/mol. The average molecular weight is 386 g/mol. The summed E-state index contributed by atoms with van der Waals surface area (Å²) in [5, 5.41) is 2.98. The Balaban J connectivity index is 1.95. The minimum atomic E-state index is -0.130. The van der Waals surface area contributed by atoms with Crippen molar-refractivity contribution < 1.29 is 19.0 Å². The second kappa shape index (κ2) is 11.1. The minimum absolute atomic E-state index is 0.130. The zero-order valence-electron chi connectivity index (χ0n) is 17.2. The molecule has 0 saturated carbocycles. The van der Waals surface area contributed by atoms with Crippen LogP contribution in [-0.4, -0.2) is 45.9 Å². The Bertz CT molecular complexity index is 747. The van der Waals surface area contributed by atoms with Gasteiger partial charge in [0.05, 0.1) is 20.3 Å². The molecule has 2 rings (SSSR count). The van der Waals surface area contributed by atoms with Crippen LogP contribution in [0.25, 0.3) is 0 Å². The first-order chi connectivity index (χ1) is 13.6. The molecular weight excluding hydrogens is 356 g/mol. The van der Waals surface area contributed by atoms with Gasteiger partial charge in [0.15, 0.2) is 11.5 Å². The Morgan fingerprint density at radius 3 is 2.25 bits per heavy atom. The van der Waals surface area contributed by atoms with Crippen molar-refractivity contribution in [2.24, 2.45) is 0 Å². The van der Waals surface area contributed by atoms with Crippen molar-refractivity contribution in [3.8, 4) is 17.2 Å². The van der Waals surface area contributed by atoms with Crippen molar-refractivity contribution in [3.63, 3.8) is 0 Å². The van der Waals surface area contributed by atoms with Crippen LogP contribution in [0.3, 0.4) is 0 Å². The molecular formula is C22H30N2O4. The van der Waals surface area contributed by atoms with Crippen LogP contribution >= 0.6 is 0 Å². The highest BCUT2D eigenvalue weighted by Gasteiger charge is 2.12. The van der Waals surface area contributed by atoms with Crippen LogP contribution in [0, 0.1) is 0 Å². The monoisotopic (exact) mass is 386 g/mol. The first-order valence-electron chi connectivity index (χ1n) is 9.69. The first kappa shape index (κ1) is 21.4. The predicted octanol–water partition coefficient (Wildman–Crippen LogP) is 3.75. The molecule has 2 aromatic rings. The summed E-state index contributed by atoms with van der Waals surface area (Å²) in [7, 11) is 1.65. The quantitative estimate of drug-likeness (QED) is 0.637. The van der Waals surface area contributed by atoms with Crippen molar-refractivity contribution in [2.75, 3.05) is 44.9 Å². The fraction of sp³-hybridized carbons (Fsp3) is 0.409. The molecule has 0 aromatic heterocycles. The van der Waals surface area contributed by atoms with Gasteiger partial charge in [0.1, 0.15) is 5.75 Å². The first-order valence-corrected chi connectivity index (χ1v) is 9.69. The summed E-state index contributed by atoms with van der Waals surface area (Å²) in [6.07, 6.45) is 0. The Kier molecular flexibility index (Phi) is 8.46.